The van der Waals surface area contributed by atoms with Gasteiger partial charge in [-0.15, -0.1) is 0 Å². The van der Waals surface area contributed by atoms with Gasteiger partial charge in [-0.3, -0.25) is 28.4 Å². The summed E-state index contributed by atoms with van der Waals surface area (Å²) in [5, 5.41) is 6.33. The third-order valence-electron chi connectivity index (χ3n) is 8.50. The van der Waals surface area contributed by atoms with Crippen molar-refractivity contribution in [1.29, 1.82) is 0 Å². The molecule has 1 aliphatic rings. The lowest BCUT2D eigenvalue weighted by molar-refractivity contribution is -0.116. The summed E-state index contributed by atoms with van der Waals surface area (Å²) in [6.07, 6.45) is 1.77. The summed E-state index contributed by atoms with van der Waals surface area (Å²) in [6.45, 7) is 4.46. The predicted octanol–water partition coefficient (Wildman–Crippen LogP) is 4.55. The fourth-order valence-electron chi connectivity index (χ4n) is 5.93. The average molecular weight is 616 g/mol. The first-order valence-electron chi connectivity index (χ1n) is 15.6. The molecule has 6 rings (SSSR count). The number of nitrogens with zero attached hydrogens (tertiary/aromatic N) is 3. The molecule has 0 bridgehead atoms. The van der Waals surface area contributed by atoms with Crippen LogP contribution in [0.3, 0.4) is 0 Å². The Kier molecular flexibility index (Phi) is 9.21. The van der Waals surface area contributed by atoms with E-state index in [0.717, 1.165) is 42.6 Å². The van der Waals surface area contributed by atoms with Crippen molar-refractivity contribution in [1.82, 2.24) is 19.4 Å². The number of nitrogens with one attached hydrogen (secondary N) is 2. The number of carbonyl (C=O) groups excluding carboxylic acids is 2. The average Bonchev–Trinajstić information content (AvgIpc) is 3.08. The molecule has 0 aliphatic carbocycles. The highest BCUT2D eigenvalue weighted by Gasteiger charge is 2.21. The van der Waals surface area contributed by atoms with Crippen LogP contribution < -0.4 is 21.9 Å². The topological polar surface area (TPSA) is 105 Å². The van der Waals surface area contributed by atoms with Crippen LogP contribution in [0, 0.1) is 6.92 Å². The van der Waals surface area contributed by atoms with E-state index >= 15 is 0 Å². The van der Waals surface area contributed by atoms with Crippen LogP contribution in [0.2, 0.25) is 0 Å². The number of rotatable bonds is 9. The van der Waals surface area contributed by atoms with E-state index < -0.39 is 11.2 Å². The Morgan fingerprint density at radius 2 is 1.39 bits per heavy atom. The number of carbonyl (C=O) groups is 2. The Balaban J connectivity index is 1.12. The first-order valence-corrected chi connectivity index (χ1v) is 15.6. The number of aromatic nitrogens is 2. The highest BCUT2D eigenvalue weighted by Crippen LogP contribution is 2.16. The molecule has 0 unspecified atom stereocenters. The molecule has 5 aromatic rings. The molecule has 1 saturated heterocycles. The van der Waals surface area contributed by atoms with Crippen LogP contribution in [0.1, 0.15) is 39.9 Å². The number of benzene rings is 4. The van der Waals surface area contributed by atoms with Crippen molar-refractivity contribution in [3.63, 3.8) is 0 Å². The first-order chi connectivity index (χ1) is 22.3. The monoisotopic (exact) mass is 615 g/mol. The molecular formula is C37H37N5O4. The molecule has 2 N–H and O–H groups in total. The standard InChI is InChI=1S/C37H37N5O4/c1-26-11-17-30(18-12-26)38-34(43)25-41-33-10-6-5-9-32(33)36(45)42(37(41)46)24-28-13-15-29(16-14-28)35(44)39-31-19-21-40(22-20-31)23-27-7-3-2-4-8-27/h2-18,31H,19-25H2,1H3,(H,38,43)(H,39,44). The van der Waals surface area contributed by atoms with E-state index in [9.17, 15) is 19.2 Å². The van der Waals surface area contributed by atoms with Crippen molar-refractivity contribution in [3.8, 4) is 0 Å². The van der Waals surface area contributed by atoms with E-state index in [1.807, 2.05) is 25.1 Å². The molecule has 46 heavy (non-hydrogen) atoms. The second-order valence-corrected chi connectivity index (χ2v) is 11.9. The quantitative estimate of drug-likeness (QED) is 0.253. The van der Waals surface area contributed by atoms with Gasteiger partial charge in [-0.1, -0.05) is 72.3 Å². The zero-order chi connectivity index (χ0) is 32.0. The smallest absolute Gasteiger partial charge is 0.332 e. The van der Waals surface area contributed by atoms with E-state index in [4.69, 9.17) is 0 Å². The van der Waals surface area contributed by atoms with Gasteiger partial charge in [0.25, 0.3) is 11.5 Å². The summed E-state index contributed by atoms with van der Waals surface area (Å²) in [5.41, 5.74) is 3.57. The van der Waals surface area contributed by atoms with E-state index in [0.29, 0.717) is 27.7 Å². The summed E-state index contributed by atoms with van der Waals surface area (Å²) in [5.74, 6) is -0.517. The fourth-order valence-corrected chi connectivity index (χ4v) is 5.93. The molecule has 0 radical (unpaired) electrons. The Morgan fingerprint density at radius 1 is 0.739 bits per heavy atom. The number of para-hydroxylation sites is 1. The summed E-state index contributed by atoms with van der Waals surface area (Å²) < 4.78 is 2.47. The number of anilines is 1. The minimum atomic E-state index is -0.580. The Hall–Kier alpha value is -5.28. The molecule has 4 aromatic carbocycles. The minimum Gasteiger partial charge on any atom is -0.349 e. The number of hydrogen-bond acceptors (Lipinski definition) is 5. The van der Waals surface area contributed by atoms with Crippen LogP contribution in [-0.4, -0.2) is 45.0 Å². The Labute approximate surface area is 267 Å². The maximum absolute atomic E-state index is 13.6. The number of likely N-dealkylation sites (tertiary alicyclic amines) is 1. The number of aryl methyl sites for hydroxylation is 1. The predicted molar refractivity (Wildman–Crippen MR) is 180 cm³/mol. The molecule has 0 spiro atoms. The van der Waals surface area contributed by atoms with Crippen LogP contribution in [0.4, 0.5) is 5.69 Å². The van der Waals surface area contributed by atoms with Crippen LogP contribution in [-0.2, 0) is 24.4 Å². The molecule has 234 valence electrons. The fraction of sp³-hybridized carbons (Fsp3) is 0.243. The van der Waals surface area contributed by atoms with E-state index in [1.54, 1.807) is 60.7 Å². The van der Waals surface area contributed by atoms with Crippen molar-refractivity contribution < 1.29 is 9.59 Å². The van der Waals surface area contributed by atoms with Crippen molar-refractivity contribution in [2.24, 2.45) is 0 Å². The molecular weight excluding hydrogens is 578 g/mol. The second-order valence-electron chi connectivity index (χ2n) is 11.9. The van der Waals surface area contributed by atoms with Crippen LogP contribution in [0.25, 0.3) is 10.9 Å². The molecule has 1 aliphatic heterocycles. The summed E-state index contributed by atoms with van der Waals surface area (Å²) in [4.78, 5) is 55.5. The van der Waals surface area contributed by atoms with Gasteiger partial charge in [0.15, 0.2) is 0 Å². The Morgan fingerprint density at radius 3 is 2.11 bits per heavy atom. The molecule has 2 heterocycles. The maximum atomic E-state index is 13.6. The van der Waals surface area contributed by atoms with Gasteiger partial charge >= 0.3 is 5.69 Å². The molecule has 0 saturated carbocycles. The van der Waals surface area contributed by atoms with Gasteiger partial charge in [-0.05, 0) is 67.3 Å². The SMILES string of the molecule is Cc1ccc(NC(=O)Cn2c(=O)n(Cc3ccc(C(=O)NC4CCN(Cc5ccccc5)CC4)cc3)c(=O)c3ccccc32)cc1. The van der Waals surface area contributed by atoms with Crippen molar-refractivity contribution in [2.45, 2.75) is 45.4 Å². The van der Waals surface area contributed by atoms with Crippen LogP contribution in [0.15, 0.2) is 113 Å². The third kappa shape index (κ3) is 7.16. The molecule has 9 nitrogen and oxygen atoms in total. The molecule has 9 heteroatoms. The van der Waals surface area contributed by atoms with Gasteiger partial charge in [0, 0.05) is 36.9 Å². The summed E-state index contributed by atoms with van der Waals surface area (Å²) >= 11 is 0. The molecule has 1 fully saturated rings. The van der Waals surface area contributed by atoms with Crippen molar-refractivity contribution in [2.75, 3.05) is 18.4 Å². The van der Waals surface area contributed by atoms with E-state index in [-0.39, 0.29) is 30.9 Å². The van der Waals surface area contributed by atoms with Crippen LogP contribution >= 0.6 is 0 Å². The number of amides is 2. The van der Waals surface area contributed by atoms with Crippen molar-refractivity contribution in [3.05, 3.63) is 146 Å². The second kappa shape index (κ2) is 13.8. The van der Waals surface area contributed by atoms with Gasteiger partial charge in [0.05, 0.1) is 17.4 Å². The summed E-state index contributed by atoms with van der Waals surface area (Å²) in [7, 11) is 0. The third-order valence-corrected chi connectivity index (χ3v) is 8.50. The first kappa shape index (κ1) is 30.7. The zero-order valence-electron chi connectivity index (χ0n) is 25.8. The molecule has 0 atom stereocenters. The lowest BCUT2D eigenvalue weighted by Gasteiger charge is -2.32. The van der Waals surface area contributed by atoms with Crippen LogP contribution in [0.5, 0.6) is 0 Å². The minimum absolute atomic E-state index is 0.00382. The highest BCUT2D eigenvalue weighted by molar-refractivity contribution is 5.94. The van der Waals surface area contributed by atoms with Gasteiger partial charge in [0.2, 0.25) is 5.91 Å². The number of fused-ring (bicyclic) bond motifs is 1. The maximum Gasteiger partial charge on any atom is 0.332 e. The van der Waals surface area contributed by atoms with Gasteiger partial charge < -0.3 is 10.6 Å². The van der Waals surface area contributed by atoms with E-state index in [1.165, 1.54) is 10.1 Å². The Bertz CT molecular complexity index is 1960. The lowest BCUT2D eigenvalue weighted by atomic mass is 10.0. The van der Waals surface area contributed by atoms with Gasteiger partial charge in [-0.25, -0.2) is 4.79 Å². The number of hydrogen-bond donors (Lipinski definition) is 2. The highest BCUT2D eigenvalue weighted by atomic mass is 16.2. The van der Waals surface area contributed by atoms with Gasteiger partial charge in [-0.2, -0.15) is 0 Å². The number of piperidine rings is 1. The molecule has 1 aromatic heterocycles. The van der Waals surface area contributed by atoms with E-state index in [2.05, 4.69) is 39.8 Å². The summed E-state index contributed by atoms with van der Waals surface area (Å²) in [6, 6.07) is 31.6. The normalized spacial score (nSPS) is 13.8. The van der Waals surface area contributed by atoms with Crippen molar-refractivity contribution >= 4 is 28.4 Å². The largest absolute Gasteiger partial charge is 0.349 e. The zero-order valence-corrected chi connectivity index (χ0v) is 25.8. The molecule has 2 amide bonds. The van der Waals surface area contributed by atoms with Gasteiger partial charge in [0.1, 0.15) is 6.54 Å². The lowest BCUT2D eigenvalue weighted by Crippen LogP contribution is -2.44.